The topological polar surface area (TPSA) is 68.5 Å². The van der Waals surface area contributed by atoms with E-state index in [4.69, 9.17) is 37.2 Å². The van der Waals surface area contributed by atoms with Crippen LogP contribution >= 0.6 is 43.3 Å². The van der Waals surface area contributed by atoms with Crippen molar-refractivity contribution in [1.82, 2.24) is 14.9 Å². The van der Waals surface area contributed by atoms with Gasteiger partial charge in [-0.1, -0.05) is 73.1 Å². The third-order valence-electron chi connectivity index (χ3n) is 5.47. The van der Waals surface area contributed by atoms with Crippen LogP contribution < -0.4 is 5.32 Å². The molecule has 0 bridgehead atoms. The van der Waals surface area contributed by atoms with Gasteiger partial charge < -0.3 is 24.0 Å². The predicted octanol–water partition coefficient (Wildman–Crippen LogP) is 7.48. The lowest BCUT2D eigenvalue weighted by Crippen LogP contribution is -2.18. The minimum absolute atomic E-state index is 0.134. The molecule has 0 fully saturated rings. The number of rotatable bonds is 15. The van der Waals surface area contributed by atoms with Gasteiger partial charge >= 0.3 is 0 Å². The van der Waals surface area contributed by atoms with Crippen molar-refractivity contribution in [3.05, 3.63) is 75.2 Å². The molecule has 0 aliphatic heterocycles. The second-order valence-electron chi connectivity index (χ2n) is 8.71. The molecule has 0 aliphatic carbocycles. The minimum atomic E-state index is -0.817. The Hall–Kier alpha value is -1.15. The lowest BCUT2D eigenvalue weighted by atomic mass is 10.1. The van der Waals surface area contributed by atoms with Crippen molar-refractivity contribution in [2.24, 2.45) is 0 Å². The molecule has 0 saturated carbocycles. The molecule has 202 valence electrons. The number of hydrogen-bond donors (Lipinski definition) is 2. The van der Waals surface area contributed by atoms with E-state index >= 15 is 0 Å². The van der Waals surface area contributed by atoms with Gasteiger partial charge in [0, 0.05) is 40.7 Å². The molecule has 3 aromatic rings. The molecule has 2 N–H and O–H groups in total. The van der Waals surface area contributed by atoms with Crippen molar-refractivity contribution in [1.29, 1.82) is 0 Å². The summed E-state index contributed by atoms with van der Waals surface area (Å²) in [6, 6.07) is 14.0. The quantitative estimate of drug-likeness (QED) is 0.143. The molecule has 10 heteroatoms. The Morgan fingerprint density at radius 2 is 1.65 bits per heavy atom. The maximum atomic E-state index is 10.1. The Morgan fingerprint density at radius 1 is 1.03 bits per heavy atom. The van der Waals surface area contributed by atoms with Crippen LogP contribution in [0.1, 0.15) is 56.3 Å². The number of nitrogens with one attached hydrogen (secondary N) is 1. The van der Waals surface area contributed by atoms with Gasteiger partial charge in [0.15, 0.2) is 8.38 Å². The van der Waals surface area contributed by atoms with Gasteiger partial charge in [0.1, 0.15) is 17.5 Å². The van der Waals surface area contributed by atoms with E-state index in [1.807, 2.05) is 26.0 Å². The summed E-state index contributed by atoms with van der Waals surface area (Å²) >= 11 is 14.1. The Bertz CT molecular complexity index is 1100. The largest absolute Gasteiger partial charge is 0.388 e. The zero-order chi connectivity index (χ0) is 26.8. The number of imidazole rings is 1. The minimum Gasteiger partial charge on any atom is -0.388 e. The highest BCUT2D eigenvalue weighted by Crippen LogP contribution is 2.38. The van der Waals surface area contributed by atoms with Crippen LogP contribution in [0, 0.1) is 0 Å². The van der Waals surface area contributed by atoms with Gasteiger partial charge in [0.05, 0.1) is 18.9 Å². The van der Waals surface area contributed by atoms with Crippen LogP contribution in [0.15, 0.2) is 52.4 Å². The van der Waals surface area contributed by atoms with E-state index in [0.717, 1.165) is 40.4 Å². The molecule has 0 atom stereocenters. The summed E-state index contributed by atoms with van der Waals surface area (Å²) in [5.74, 6) is 0.841. The molecule has 1 aromatic heterocycles. The number of aromatic nitrogens is 2. The van der Waals surface area contributed by atoms with E-state index in [1.165, 1.54) is 5.56 Å². The highest BCUT2D eigenvalue weighted by atomic mass is 35.5. The number of halogens is 2. The molecule has 0 unspecified atom stereocenters. The fraction of sp³-hybridized carbons (Fsp3) is 0.444. The molecule has 0 amide bonds. The van der Waals surface area contributed by atoms with Crippen LogP contribution in [0.3, 0.4) is 0 Å². The standard InChI is InChI=1S/C27H36Cl2N3O3PS/c1-5-34-36(35-6-2)12-11-30-16-20-7-9-21(10-8-20)17-32-25(18-33)31-26(19(3)4)27(32)37-24-14-22(28)13-23(29)15-24/h7-10,13-15,19,30,33H,5-6,11-12,16-18H2,1-4H3. The summed E-state index contributed by atoms with van der Waals surface area (Å²) < 4.78 is 13.4. The highest BCUT2D eigenvalue weighted by molar-refractivity contribution is 7.99. The first-order chi connectivity index (χ1) is 17.8. The molecule has 37 heavy (non-hydrogen) atoms. The molecule has 6 nitrogen and oxygen atoms in total. The fourth-order valence-electron chi connectivity index (χ4n) is 3.77. The van der Waals surface area contributed by atoms with Crippen molar-refractivity contribution in [2.75, 3.05) is 25.9 Å². The van der Waals surface area contributed by atoms with Gasteiger partial charge in [0.25, 0.3) is 0 Å². The van der Waals surface area contributed by atoms with Gasteiger partial charge in [-0.15, -0.1) is 0 Å². The molecular weight excluding hydrogens is 548 g/mol. The number of aliphatic hydroxyl groups excluding tert-OH is 1. The molecular formula is C27H36Cl2N3O3PS. The van der Waals surface area contributed by atoms with E-state index < -0.39 is 8.38 Å². The Morgan fingerprint density at radius 3 is 2.22 bits per heavy atom. The van der Waals surface area contributed by atoms with Crippen LogP contribution in [0.4, 0.5) is 0 Å². The summed E-state index contributed by atoms with van der Waals surface area (Å²) in [6.07, 6.45) is 0.871. The van der Waals surface area contributed by atoms with Crippen LogP contribution in [0.2, 0.25) is 10.0 Å². The zero-order valence-electron chi connectivity index (χ0n) is 21.8. The van der Waals surface area contributed by atoms with E-state index in [0.29, 0.717) is 35.6 Å². The maximum absolute atomic E-state index is 10.1. The summed E-state index contributed by atoms with van der Waals surface area (Å²) in [7, 11) is -0.817. The van der Waals surface area contributed by atoms with Crippen molar-refractivity contribution < 1.29 is 14.2 Å². The third-order valence-corrected chi connectivity index (χ3v) is 8.69. The van der Waals surface area contributed by atoms with Gasteiger partial charge in [-0.3, -0.25) is 0 Å². The Balaban J connectivity index is 1.71. The van der Waals surface area contributed by atoms with Crippen LogP contribution in [0.25, 0.3) is 0 Å². The van der Waals surface area contributed by atoms with E-state index in [9.17, 15) is 5.11 Å². The third kappa shape index (κ3) is 9.22. The SMILES string of the molecule is CCOP(CCNCc1ccc(Cn2c(CO)nc(C(C)C)c2Sc2cc(Cl)cc(Cl)c2)cc1)OCC. The van der Waals surface area contributed by atoms with Crippen molar-refractivity contribution in [3.8, 4) is 0 Å². The second kappa shape index (κ2) is 15.4. The molecule has 3 rings (SSSR count). The second-order valence-corrected chi connectivity index (χ2v) is 12.3. The summed E-state index contributed by atoms with van der Waals surface area (Å²) in [5, 5.41) is 15.7. The van der Waals surface area contributed by atoms with E-state index in [2.05, 4.69) is 48.0 Å². The van der Waals surface area contributed by atoms with Gasteiger partial charge in [-0.05, 0) is 49.1 Å². The van der Waals surface area contributed by atoms with Crippen molar-refractivity contribution in [3.63, 3.8) is 0 Å². The number of aliphatic hydroxyl groups is 1. The zero-order valence-corrected chi connectivity index (χ0v) is 25.1. The van der Waals surface area contributed by atoms with Gasteiger partial charge in [-0.25, -0.2) is 4.98 Å². The first-order valence-corrected chi connectivity index (χ1v) is 15.4. The summed E-state index contributed by atoms with van der Waals surface area (Å²) in [4.78, 5) is 5.70. The molecule has 0 radical (unpaired) electrons. The van der Waals surface area contributed by atoms with Crippen molar-refractivity contribution in [2.45, 2.75) is 63.2 Å². The van der Waals surface area contributed by atoms with E-state index in [-0.39, 0.29) is 12.5 Å². The van der Waals surface area contributed by atoms with Gasteiger partial charge in [0.2, 0.25) is 0 Å². The summed E-state index contributed by atoms with van der Waals surface area (Å²) in [6.45, 7) is 11.6. The molecule has 0 saturated heterocycles. The molecule has 0 spiro atoms. The Labute approximate surface area is 236 Å². The first-order valence-electron chi connectivity index (χ1n) is 12.5. The summed E-state index contributed by atoms with van der Waals surface area (Å²) in [5.41, 5.74) is 3.29. The van der Waals surface area contributed by atoms with Crippen LogP contribution in [-0.4, -0.2) is 40.6 Å². The molecule has 2 aromatic carbocycles. The van der Waals surface area contributed by atoms with Crippen LogP contribution in [0.5, 0.6) is 0 Å². The maximum Gasteiger partial charge on any atom is 0.171 e. The Kier molecular flexibility index (Phi) is 12.7. The van der Waals surface area contributed by atoms with E-state index in [1.54, 1.807) is 17.8 Å². The lowest BCUT2D eigenvalue weighted by molar-refractivity contribution is 0.265. The van der Waals surface area contributed by atoms with Crippen LogP contribution in [-0.2, 0) is 28.7 Å². The number of benzene rings is 2. The molecule has 0 aliphatic rings. The first kappa shape index (κ1) is 30.4. The average molecular weight is 585 g/mol. The fourth-order valence-corrected chi connectivity index (χ4v) is 6.94. The number of nitrogens with zero attached hydrogens (tertiary/aromatic N) is 2. The number of hydrogen-bond acceptors (Lipinski definition) is 6. The normalized spacial score (nSPS) is 11.7. The monoisotopic (exact) mass is 583 g/mol. The highest BCUT2D eigenvalue weighted by Gasteiger charge is 2.21. The molecule has 1 heterocycles. The van der Waals surface area contributed by atoms with Gasteiger partial charge in [-0.2, -0.15) is 0 Å². The predicted molar refractivity (Wildman–Crippen MR) is 155 cm³/mol. The average Bonchev–Trinajstić information content (AvgIpc) is 3.19. The van der Waals surface area contributed by atoms with Crippen molar-refractivity contribution >= 4 is 43.3 Å². The lowest BCUT2D eigenvalue weighted by Gasteiger charge is -2.16. The smallest absolute Gasteiger partial charge is 0.171 e.